The van der Waals surface area contributed by atoms with Gasteiger partial charge in [0.25, 0.3) is 9.70 Å². The van der Waals surface area contributed by atoms with E-state index in [1.165, 1.54) is 6.92 Å². The van der Waals surface area contributed by atoms with Gasteiger partial charge in [-0.1, -0.05) is 90.3 Å². The van der Waals surface area contributed by atoms with Crippen LogP contribution in [0.3, 0.4) is 0 Å². The van der Waals surface area contributed by atoms with Gasteiger partial charge in [0.2, 0.25) is 5.91 Å². The molecule has 1 aliphatic rings. The number of alkyl halides is 3. The molecule has 3 N–H and O–H groups in total. The molecular weight excluding hydrogens is 607 g/mol. The molecule has 41 heavy (non-hydrogen) atoms. The summed E-state index contributed by atoms with van der Waals surface area (Å²) in [7, 11) is 0. The Morgan fingerprint density at radius 3 is 2.10 bits per heavy atom. The molecule has 2 amide bonds. The summed E-state index contributed by atoms with van der Waals surface area (Å²) in [4.78, 5) is 24.3. The van der Waals surface area contributed by atoms with E-state index >= 15 is 0 Å². The molecule has 0 aromatic heterocycles. The number of aliphatic hydroxyl groups is 1. The van der Waals surface area contributed by atoms with Crippen LogP contribution < -0.4 is 10.6 Å². The zero-order chi connectivity index (χ0) is 29.6. The maximum absolute atomic E-state index is 11.9. The number of rotatable bonds is 9. The molecule has 4 atom stereocenters. The number of aliphatic hydroxyl groups excluding tert-OH is 1. The number of halogens is 3. The van der Waals surface area contributed by atoms with E-state index in [1.54, 1.807) is 11.8 Å². The highest BCUT2D eigenvalue weighted by molar-refractivity contribution is 7.99. The van der Waals surface area contributed by atoms with E-state index in [2.05, 4.69) is 17.6 Å². The Kier molecular flexibility index (Phi) is 11.0. The molecule has 0 spiro atoms. The standard InChI is InChI=1S/C30H31Cl3N2O5S/c1-18-26(17-41-25-13-11-24(12-14-25)35-19(2)37)39-28(40-27(18)22-7-5-21(16-36)6-8-22)23-9-3-20(4-10-23)15-34-29(38)30(31,32)33/h3-14,18,26-28,36H,15-17H2,1-2H3,(H,34,38)(H,35,37). The van der Waals surface area contributed by atoms with Gasteiger partial charge in [0.05, 0.1) is 18.8 Å². The molecule has 1 aliphatic heterocycles. The largest absolute Gasteiger partial charge is 0.392 e. The number of hydrogen-bond donors (Lipinski definition) is 3. The molecule has 218 valence electrons. The SMILES string of the molecule is CC(=O)Nc1ccc(SCC2OC(c3ccc(CNC(=O)C(Cl)(Cl)Cl)cc3)OC(c3ccc(CO)cc3)C2C)cc1. The third kappa shape index (κ3) is 8.85. The molecule has 0 saturated carbocycles. The fourth-order valence-electron chi connectivity index (χ4n) is 4.40. The van der Waals surface area contributed by atoms with Crippen LogP contribution in [-0.4, -0.2) is 32.6 Å². The van der Waals surface area contributed by atoms with Crippen LogP contribution in [0, 0.1) is 5.92 Å². The number of carbonyl (C=O) groups excluding carboxylic acids is 2. The summed E-state index contributed by atoms with van der Waals surface area (Å²) in [6.45, 7) is 3.77. The normalized spacial score (nSPS) is 20.8. The summed E-state index contributed by atoms with van der Waals surface area (Å²) in [6, 6.07) is 23.0. The maximum Gasteiger partial charge on any atom is 0.272 e. The lowest BCUT2D eigenvalue weighted by molar-refractivity contribution is -0.268. The van der Waals surface area contributed by atoms with E-state index < -0.39 is 16.0 Å². The lowest BCUT2D eigenvalue weighted by Crippen LogP contribution is -2.38. The van der Waals surface area contributed by atoms with Crippen molar-refractivity contribution in [1.82, 2.24) is 5.32 Å². The van der Waals surface area contributed by atoms with Gasteiger partial charge in [-0.05, 0) is 41.0 Å². The van der Waals surface area contributed by atoms with E-state index in [1.807, 2.05) is 72.8 Å². The van der Waals surface area contributed by atoms with Crippen molar-refractivity contribution in [1.29, 1.82) is 0 Å². The van der Waals surface area contributed by atoms with E-state index in [0.29, 0.717) is 5.75 Å². The lowest BCUT2D eigenvalue weighted by atomic mass is 9.91. The Morgan fingerprint density at radius 2 is 1.51 bits per heavy atom. The van der Waals surface area contributed by atoms with Gasteiger partial charge in [0, 0.05) is 41.3 Å². The number of ether oxygens (including phenoxy) is 2. The molecule has 1 saturated heterocycles. The monoisotopic (exact) mass is 636 g/mol. The van der Waals surface area contributed by atoms with E-state index in [4.69, 9.17) is 44.3 Å². The zero-order valence-corrected chi connectivity index (χ0v) is 25.6. The third-order valence-corrected chi connectivity index (χ3v) is 8.29. The fourth-order valence-corrected chi connectivity index (χ4v) is 5.67. The Hall–Kier alpha value is -2.30. The molecule has 3 aromatic rings. The first-order chi connectivity index (χ1) is 19.5. The van der Waals surface area contributed by atoms with Gasteiger partial charge in [-0.25, -0.2) is 0 Å². The number of benzene rings is 3. The van der Waals surface area contributed by atoms with Crippen LogP contribution in [0.15, 0.2) is 77.7 Å². The number of hydrogen-bond acceptors (Lipinski definition) is 6. The summed E-state index contributed by atoms with van der Waals surface area (Å²) < 4.78 is 11.0. The van der Waals surface area contributed by atoms with Gasteiger partial charge in [-0.3, -0.25) is 9.59 Å². The van der Waals surface area contributed by atoms with Crippen LogP contribution in [0.4, 0.5) is 5.69 Å². The first-order valence-electron chi connectivity index (χ1n) is 13.0. The summed E-state index contributed by atoms with van der Waals surface area (Å²) in [5.41, 5.74) is 4.24. The number of anilines is 1. The number of carbonyl (C=O) groups is 2. The van der Waals surface area contributed by atoms with E-state index in [0.717, 1.165) is 32.8 Å². The lowest BCUT2D eigenvalue weighted by Gasteiger charge is -2.41. The van der Waals surface area contributed by atoms with Crippen molar-refractivity contribution < 1.29 is 24.2 Å². The van der Waals surface area contributed by atoms with Crippen molar-refractivity contribution >= 4 is 64.1 Å². The van der Waals surface area contributed by atoms with Crippen LogP contribution in [0.2, 0.25) is 0 Å². The molecule has 1 heterocycles. The highest BCUT2D eigenvalue weighted by atomic mass is 35.6. The molecule has 0 bridgehead atoms. The highest BCUT2D eigenvalue weighted by Gasteiger charge is 2.38. The summed E-state index contributed by atoms with van der Waals surface area (Å²) in [5.74, 6) is -0.0830. The summed E-state index contributed by atoms with van der Waals surface area (Å²) in [6.07, 6.45) is -0.997. The predicted octanol–water partition coefficient (Wildman–Crippen LogP) is 6.71. The summed E-state index contributed by atoms with van der Waals surface area (Å²) >= 11 is 18.6. The quantitative estimate of drug-likeness (QED) is 0.178. The van der Waals surface area contributed by atoms with Gasteiger partial charge in [0.1, 0.15) is 0 Å². The van der Waals surface area contributed by atoms with Crippen LogP contribution in [-0.2, 0) is 32.2 Å². The van der Waals surface area contributed by atoms with E-state index in [-0.39, 0.29) is 37.2 Å². The van der Waals surface area contributed by atoms with Crippen LogP contribution in [0.25, 0.3) is 0 Å². The second-order valence-electron chi connectivity index (χ2n) is 9.76. The van der Waals surface area contributed by atoms with Crippen molar-refractivity contribution in [2.75, 3.05) is 11.1 Å². The van der Waals surface area contributed by atoms with Crippen LogP contribution in [0.5, 0.6) is 0 Å². The number of amides is 2. The van der Waals surface area contributed by atoms with E-state index in [9.17, 15) is 14.7 Å². The molecule has 4 rings (SSSR count). The van der Waals surface area contributed by atoms with Gasteiger partial charge >= 0.3 is 0 Å². The highest BCUT2D eigenvalue weighted by Crippen LogP contribution is 2.43. The molecule has 3 aromatic carbocycles. The fraction of sp³-hybridized carbons (Fsp3) is 0.333. The zero-order valence-electron chi connectivity index (χ0n) is 22.5. The van der Waals surface area contributed by atoms with Gasteiger partial charge in [0.15, 0.2) is 6.29 Å². The second-order valence-corrected chi connectivity index (χ2v) is 13.1. The average molecular weight is 638 g/mol. The van der Waals surface area contributed by atoms with Crippen molar-refractivity contribution in [3.63, 3.8) is 0 Å². The Bertz CT molecular complexity index is 1320. The van der Waals surface area contributed by atoms with Gasteiger partial charge in [-0.2, -0.15) is 0 Å². The predicted molar refractivity (Wildman–Crippen MR) is 163 cm³/mol. The minimum atomic E-state index is -2.02. The number of thioether (sulfide) groups is 1. The molecule has 1 fully saturated rings. The van der Waals surface area contributed by atoms with Gasteiger partial charge < -0.3 is 25.2 Å². The molecule has 4 unspecified atom stereocenters. The van der Waals surface area contributed by atoms with Crippen molar-refractivity contribution in [3.05, 3.63) is 95.1 Å². The first kappa shape index (κ1) is 31.6. The van der Waals surface area contributed by atoms with Crippen molar-refractivity contribution in [2.24, 2.45) is 5.92 Å². The number of nitrogens with one attached hydrogen (secondary N) is 2. The van der Waals surface area contributed by atoms with Crippen molar-refractivity contribution in [2.45, 2.75) is 54.2 Å². The Balaban J connectivity index is 1.50. The van der Waals surface area contributed by atoms with Crippen molar-refractivity contribution in [3.8, 4) is 0 Å². The molecule has 0 radical (unpaired) electrons. The first-order valence-corrected chi connectivity index (χ1v) is 15.1. The Morgan fingerprint density at radius 1 is 0.902 bits per heavy atom. The Labute approximate surface area is 258 Å². The van der Waals surface area contributed by atoms with Gasteiger partial charge in [-0.15, -0.1) is 11.8 Å². The second kappa shape index (κ2) is 14.2. The van der Waals surface area contributed by atoms with Crippen LogP contribution in [0.1, 0.15) is 48.5 Å². The maximum atomic E-state index is 11.9. The van der Waals surface area contributed by atoms with Crippen LogP contribution >= 0.6 is 46.6 Å². The molecule has 7 nitrogen and oxygen atoms in total. The molecule has 11 heteroatoms. The molecule has 0 aliphatic carbocycles. The molecular formula is C30H31Cl3N2O5S. The third-order valence-electron chi connectivity index (χ3n) is 6.67. The topological polar surface area (TPSA) is 96.9 Å². The average Bonchev–Trinajstić information content (AvgIpc) is 2.95. The smallest absolute Gasteiger partial charge is 0.272 e. The minimum absolute atomic E-state index is 0.0262. The minimum Gasteiger partial charge on any atom is -0.392 e. The summed E-state index contributed by atoms with van der Waals surface area (Å²) in [5, 5.41) is 14.9.